The first-order valence-corrected chi connectivity index (χ1v) is 7.53. The fraction of sp³-hybridized carbons (Fsp3) is 0.438. The molecular formula is C16H20ClN3. The smallest absolute Gasteiger partial charge is 0.0761 e. The van der Waals surface area contributed by atoms with E-state index < -0.39 is 0 Å². The number of fused-ring (bicyclic) bond motifs is 1. The standard InChI is InChI=1S/C16H20ClN3/c1-20-8-6-12(11-20)9-18-10-13-4-5-15(17)14-3-2-7-19-16(13)14/h2-5,7,12,18H,6,8-11H2,1H3. The van der Waals surface area contributed by atoms with Gasteiger partial charge in [-0.15, -0.1) is 0 Å². The molecule has 3 rings (SSSR count). The first-order chi connectivity index (χ1) is 9.74. The van der Waals surface area contributed by atoms with Gasteiger partial charge in [0, 0.05) is 29.7 Å². The van der Waals surface area contributed by atoms with Crippen molar-refractivity contribution in [1.82, 2.24) is 15.2 Å². The maximum absolute atomic E-state index is 6.22. The molecule has 3 nitrogen and oxygen atoms in total. The van der Waals surface area contributed by atoms with Crippen LogP contribution in [0.5, 0.6) is 0 Å². The van der Waals surface area contributed by atoms with E-state index in [1.807, 2.05) is 24.4 Å². The van der Waals surface area contributed by atoms with Crippen molar-refractivity contribution in [3.8, 4) is 0 Å². The third-order valence-electron chi connectivity index (χ3n) is 4.04. The highest BCUT2D eigenvalue weighted by atomic mass is 35.5. The van der Waals surface area contributed by atoms with Crippen LogP contribution < -0.4 is 5.32 Å². The van der Waals surface area contributed by atoms with Gasteiger partial charge < -0.3 is 10.2 Å². The molecular weight excluding hydrogens is 270 g/mol. The predicted molar refractivity (Wildman–Crippen MR) is 84.1 cm³/mol. The molecule has 1 N–H and O–H groups in total. The van der Waals surface area contributed by atoms with Gasteiger partial charge in [-0.2, -0.15) is 0 Å². The molecule has 2 heterocycles. The number of benzene rings is 1. The van der Waals surface area contributed by atoms with E-state index in [1.54, 1.807) is 0 Å². The largest absolute Gasteiger partial charge is 0.312 e. The van der Waals surface area contributed by atoms with E-state index in [4.69, 9.17) is 11.6 Å². The molecule has 2 aromatic rings. The van der Waals surface area contributed by atoms with Gasteiger partial charge in [0.05, 0.1) is 5.52 Å². The van der Waals surface area contributed by atoms with Crippen molar-refractivity contribution in [1.29, 1.82) is 0 Å². The molecule has 1 unspecified atom stereocenters. The zero-order valence-corrected chi connectivity index (χ0v) is 12.5. The monoisotopic (exact) mass is 289 g/mol. The molecule has 1 aliphatic heterocycles. The summed E-state index contributed by atoms with van der Waals surface area (Å²) < 4.78 is 0. The third-order valence-corrected chi connectivity index (χ3v) is 4.37. The highest BCUT2D eigenvalue weighted by molar-refractivity contribution is 6.35. The minimum atomic E-state index is 0.770. The molecule has 1 atom stereocenters. The SMILES string of the molecule is CN1CCC(CNCc2ccc(Cl)c3cccnc23)C1. The van der Waals surface area contributed by atoms with Gasteiger partial charge in [0.25, 0.3) is 0 Å². The Kier molecular flexibility index (Phi) is 4.20. The summed E-state index contributed by atoms with van der Waals surface area (Å²) >= 11 is 6.22. The Morgan fingerprint density at radius 2 is 2.30 bits per heavy atom. The average molecular weight is 290 g/mol. The second-order valence-corrected chi connectivity index (χ2v) is 6.06. The van der Waals surface area contributed by atoms with Crippen LogP contribution in [0.3, 0.4) is 0 Å². The summed E-state index contributed by atoms with van der Waals surface area (Å²) in [5, 5.41) is 5.37. The van der Waals surface area contributed by atoms with Gasteiger partial charge in [0.15, 0.2) is 0 Å². The number of nitrogens with one attached hydrogen (secondary N) is 1. The number of halogens is 1. The average Bonchev–Trinajstić information content (AvgIpc) is 2.87. The number of nitrogens with zero attached hydrogens (tertiary/aromatic N) is 2. The zero-order valence-electron chi connectivity index (χ0n) is 11.8. The van der Waals surface area contributed by atoms with Crippen LogP contribution in [0.4, 0.5) is 0 Å². The maximum atomic E-state index is 6.22. The van der Waals surface area contributed by atoms with Crippen molar-refractivity contribution in [2.45, 2.75) is 13.0 Å². The molecule has 1 aromatic heterocycles. The van der Waals surface area contributed by atoms with Crippen LogP contribution in [0.25, 0.3) is 10.9 Å². The van der Waals surface area contributed by atoms with Crippen LogP contribution in [-0.4, -0.2) is 36.6 Å². The Balaban J connectivity index is 1.67. The Morgan fingerprint density at radius 1 is 1.40 bits per heavy atom. The Labute approximate surface area is 124 Å². The van der Waals surface area contributed by atoms with Crippen LogP contribution in [0, 0.1) is 5.92 Å². The lowest BCUT2D eigenvalue weighted by molar-refractivity contribution is 0.388. The Hall–Kier alpha value is -1.16. The summed E-state index contributed by atoms with van der Waals surface area (Å²) in [6.45, 7) is 4.34. The van der Waals surface area contributed by atoms with Gasteiger partial charge in [-0.25, -0.2) is 0 Å². The summed E-state index contributed by atoms with van der Waals surface area (Å²) in [4.78, 5) is 6.87. The first-order valence-electron chi connectivity index (χ1n) is 7.15. The number of likely N-dealkylation sites (tertiary alicyclic amines) is 1. The minimum absolute atomic E-state index is 0.770. The Bertz CT molecular complexity index is 599. The van der Waals surface area contributed by atoms with Crippen molar-refractivity contribution >= 4 is 22.5 Å². The summed E-state index contributed by atoms with van der Waals surface area (Å²) in [6.07, 6.45) is 3.12. The zero-order chi connectivity index (χ0) is 13.9. The van der Waals surface area contributed by atoms with Gasteiger partial charge >= 0.3 is 0 Å². The molecule has 1 aliphatic rings. The van der Waals surface area contributed by atoms with Gasteiger partial charge in [-0.05, 0) is 56.2 Å². The van der Waals surface area contributed by atoms with E-state index in [2.05, 4.69) is 28.3 Å². The summed E-state index contributed by atoms with van der Waals surface area (Å²) in [5.74, 6) is 0.770. The number of pyridine rings is 1. The van der Waals surface area contributed by atoms with Crippen molar-refractivity contribution in [3.05, 3.63) is 41.0 Å². The highest BCUT2D eigenvalue weighted by Crippen LogP contribution is 2.24. The Morgan fingerprint density at radius 3 is 3.10 bits per heavy atom. The lowest BCUT2D eigenvalue weighted by Gasteiger charge is -2.13. The van der Waals surface area contributed by atoms with Crippen molar-refractivity contribution in [2.24, 2.45) is 5.92 Å². The van der Waals surface area contributed by atoms with Crippen molar-refractivity contribution in [3.63, 3.8) is 0 Å². The maximum Gasteiger partial charge on any atom is 0.0761 e. The quantitative estimate of drug-likeness (QED) is 0.938. The molecule has 0 saturated carbocycles. The molecule has 0 bridgehead atoms. The summed E-state index contributed by atoms with van der Waals surface area (Å²) in [6, 6.07) is 8.00. The molecule has 0 aliphatic carbocycles. The normalized spacial score (nSPS) is 19.8. The van der Waals surface area contributed by atoms with Gasteiger partial charge in [0.2, 0.25) is 0 Å². The van der Waals surface area contributed by atoms with E-state index in [9.17, 15) is 0 Å². The molecule has 4 heteroatoms. The summed E-state index contributed by atoms with van der Waals surface area (Å²) in [5.41, 5.74) is 2.23. The van der Waals surface area contributed by atoms with Crippen LogP contribution in [0.1, 0.15) is 12.0 Å². The number of hydrogen-bond donors (Lipinski definition) is 1. The predicted octanol–water partition coefficient (Wildman–Crippen LogP) is 2.93. The van der Waals surface area contributed by atoms with Crippen LogP contribution in [0.15, 0.2) is 30.5 Å². The first kappa shape index (κ1) is 13.8. The lowest BCUT2D eigenvalue weighted by Crippen LogP contribution is -2.24. The topological polar surface area (TPSA) is 28.2 Å². The van der Waals surface area contributed by atoms with E-state index in [1.165, 1.54) is 25.1 Å². The molecule has 0 spiro atoms. The number of hydrogen-bond acceptors (Lipinski definition) is 3. The van der Waals surface area contributed by atoms with Crippen molar-refractivity contribution < 1.29 is 0 Å². The second-order valence-electron chi connectivity index (χ2n) is 5.65. The van der Waals surface area contributed by atoms with E-state index in [0.717, 1.165) is 34.9 Å². The molecule has 1 saturated heterocycles. The number of rotatable bonds is 4. The van der Waals surface area contributed by atoms with Crippen LogP contribution in [0.2, 0.25) is 5.02 Å². The third kappa shape index (κ3) is 2.95. The molecule has 106 valence electrons. The molecule has 1 fully saturated rings. The summed E-state index contributed by atoms with van der Waals surface area (Å²) in [7, 11) is 2.19. The van der Waals surface area contributed by atoms with E-state index in [-0.39, 0.29) is 0 Å². The van der Waals surface area contributed by atoms with Crippen LogP contribution >= 0.6 is 11.6 Å². The highest BCUT2D eigenvalue weighted by Gasteiger charge is 2.18. The molecule has 0 amide bonds. The van der Waals surface area contributed by atoms with E-state index >= 15 is 0 Å². The molecule has 20 heavy (non-hydrogen) atoms. The molecule has 1 aromatic carbocycles. The number of aromatic nitrogens is 1. The van der Waals surface area contributed by atoms with Gasteiger partial charge in [-0.1, -0.05) is 17.7 Å². The second kappa shape index (κ2) is 6.08. The van der Waals surface area contributed by atoms with E-state index in [0.29, 0.717) is 0 Å². The lowest BCUT2D eigenvalue weighted by atomic mass is 10.1. The van der Waals surface area contributed by atoms with Gasteiger partial charge in [-0.3, -0.25) is 4.98 Å². The van der Waals surface area contributed by atoms with Crippen LogP contribution in [-0.2, 0) is 6.54 Å². The molecule has 0 radical (unpaired) electrons. The van der Waals surface area contributed by atoms with Crippen molar-refractivity contribution in [2.75, 3.05) is 26.7 Å². The fourth-order valence-electron chi connectivity index (χ4n) is 2.94. The minimum Gasteiger partial charge on any atom is -0.312 e. The fourth-order valence-corrected chi connectivity index (χ4v) is 3.16. The van der Waals surface area contributed by atoms with Gasteiger partial charge in [0.1, 0.15) is 0 Å².